The Morgan fingerprint density at radius 3 is 2.45 bits per heavy atom. The van der Waals surface area contributed by atoms with Gasteiger partial charge in [0.2, 0.25) is 5.91 Å². The maximum atomic E-state index is 13.3. The van der Waals surface area contributed by atoms with Crippen LogP contribution in [0.3, 0.4) is 0 Å². The number of carbonyl (C=O) groups excluding carboxylic acids is 2. The molecule has 2 rings (SSSR count). The van der Waals surface area contributed by atoms with Crippen molar-refractivity contribution in [2.75, 3.05) is 13.2 Å². The van der Waals surface area contributed by atoms with Crippen LogP contribution in [0.25, 0.3) is 0 Å². The maximum absolute atomic E-state index is 13.3. The standard InChI is InChI=1S/C26H36N2O3/c1-6-8-15-27-26(30)23(7-2)28(17-22-12-10-9-11-20(22)4)25(29)18-31-24-16-19(3)13-14-21(24)5/h9-14,16,23H,6-8,15,17-18H2,1-5H3,(H,27,30). The summed E-state index contributed by atoms with van der Waals surface area (Å²) in [6.07, 6.45) is 2.47. The molecule has 1 unspecified atom stereocenters. The maximum Gasteiger partial charge on any atom is 0.261 e. The minimum Gasteiger partial charge on any atom is -0.483 e. The zero-order chi connectivity index (χ0) is 22.8. The second-order valence-corrected chi connectivity index (χ2v) is 8.07. The van der Waals surface area contributed by atoms with Gasteiger partial charge in [-0.1, -0.05) is 56.7 Å². The molecule has 0 aliphatic rings. The van der Waals surface area contributed by atoms with E-state index in [0.29, 0.717) is 25.3 Å². The van der Waals surface area contributed by atoms with Crippen LogP contribution < -0.4 is 10.1 Å². The van der Waals surface area contributed by atoms with E-state index in [1.54, 1.807) is 4.90 Å². The van der Waals surface area contributed by atoms with Crippen molar-refractivity contribution < 1.29 is 14.3 Å². The molecule has 1 N–H and O–H groups in total. The van der Waals surface area contributed by atoms with Gasteiger partial charge in [0.1, 0.15) is 11.8 Å². The summed E-state index contributed by atoms with van der Waals surface area (Å²) in [4.78, 5) is 27.8. The number of hydrogen-bond donors (Lipinski definition) is 1. The van der Waals surface area contributed by atoms with Crippen molar-refractivity contribution in [2.45, 2.75) is 66.5 Å². The molecule has 168 valence electrons. The van der Waals surface area contributed by atoms with Crippen LogP contribution in [0.15, 0.2) is 42.5 Å². The van der Waals surface area contributed by atoms with Gasteiger partial charge in [-0.05, 0) is 61.9 Å². The van der Waals surface area contributed by atoms with Crippen LogP contribution in [0.2, 0.25) is 0 Å². The van der Waals surface area contributed by atoms with Gasteiger partial charge in [-0.25, -0.2) is 0 Å². The number of unbranched alkanes of at least 4 members (excludes halogenated alkanes) is 1. The van der Waals surface area contributed by atoms with Gasteiger partial charge in [-0.3, -0.25) is 9.59 Å². The van der Waals surface area contributed by atoms with E-state index >= 15 is 0 Å². The molecule has 31 heavy (non-hydrogen) atoms. The van der Waals surface area contributed by atoms with Gasteiger partial charge in [0.05, 0.1) is 0 Å². The molecule has 0 saturated heterocycles. The summed E-state index contributed by atoms with van der Waals surface area (Å²) in [5.41, 5.74) is 4.18. The Bertz CT molecular complexity index is 879. The summed E-state index contributed by atoms with van der Waals surface area (Å²) < 4.78 is 5.88. The summed E-state index contributed by atoms with van der Waals surface area (Å²) in [5, 5.41) is 2.99. The van der Waals surface area contributed by atoms with Gasteiger partial charge < -0.3 is 15.0 Å². The summed E-state index contributed by atoms with van der Waals surface area (Å²) in [7, 11) is 0. The average Bonchev–Trinajstić information content (AvgIpc) is 2.75. The van der Waals surface area contributed by atoms with E-state index in [1.807, 2.05) is 70.2 Å². The fourth-order valence-electron chi connectivity index (χ4n) is 3.48. The lowest BCUT2D eigenvalue weighted by Crippen LogP contribution is -2.50. The molecule has 5 nitrogen and oxygen atoms in total. The number of aryl methyl sites for hydroxylation is 3. The number of carbonyl (C=O) groups is 2. The van der Waals surface area contributed by atoms with Crippen LogP contribution in [0.4, 0.5) is 0 Å². The van der Waals surface area contributed by atoms with E-state index in [0.717, 1.165) is 35.1 Å². The zero-order valence-corrected chi connectivity index (χ0v) is 19.5. The third-order valence-corrected chi connectivity index (χ3v) is 5.51. The lowest BCUT2D eigenvalue weighted by atomic mass is 10.1. The van der Waals surface area contributed by atoms with Crippen LogP contribution in [0.5, 0.6) is 5.75 Å². The summed E-state index contributed by atoms with van der Waals surface area (Å²) in [6.45, 7) is 10.9. The van der Waals surface area contributed by atoms with Crippen LogP contribution >= 0.6 is 0 Å². The quantitative estimate of drug-likeness (QED) is 0.531. The number of ether oxygens (including phenoxy) is 1. The molecule has 2 aromatic carbocycles. The predicted molar refractivity (Wildman–Crippen MR) is 125 cm³/mol. The molecule has 2 amide bonds. The smallest absolute Gasteiger partial charge is 0.261 e. The molecular formula is C26H36N2O3. The Balaban J connectivity index is 2.22. The van der Waals surface area contributed by atoms with Crippen LogP contribution in [-0.2, 0) is 16.1 Å². The first-order valence-electron chi connectivity index (χ1n) is 11.2. The molecule has 0 aromatic heterocycles. The van der Waals surface area contributed by atoms with Gasteiger partial charge in [0.15, 0.2) is 6.61 Å². The minimum absolute atomic E-state index is 0.102. The summed E-state index contributed by atoms with van der Waals surface area (Å²) in [5.74, 6) is 0.399. The summed E-state index contributed by atoms with van der Waals surface area (Å²) in [6, 6.07) is 13.4. The van der Waals surface area contributed by atoms with Crippen molar-refractivity contribution in [3.63, 3.8) is 0 Å². The molecule has 0 heterocycles. The second kappa shape index (κ2) is 12.1. The first-order chi connectivity index (χ1) is 14.9. The highest BCUT2D eigenvalue weighted by Gasteiger charge is 2.29. The molecule has 0 aliphatic heterocycles. The minimum atomic E-state index is -0.536. The van der Waals surface area contributed by atoms with E-state index in [2.05, 4.69) is 12.2 Å². The Kier molecular flexibility index (Phi) is 9.57. The summed E-state index contributed by atoms with van der Waals surface area (Å²) >= 11 is 0. The van der Waals surface area contributed by atoms with Gasteiger partial charge in [-0.2, -0.15) is 0 Å². The SMILES string of the molecule is CCCCNC(=O)C(CC)N(Cc1ccccc1C)C(=O)COc1cc(C)ccc1C. The van der Waals surface area contributed by atoms with Crippen molar-refractivity contribution in [2.24, 2.45) is 0 Å². The van der Waals surface area contributed by atoms with E-state index in [-0.39, 0.29) is 18.4 Å². The highest BCUT2D eigenvalue weighted by atomic mass is 16.5. The van der Waals surface area contributed by atoms with Crippen LogP contribution in [0, 0.1) is 20.8 Å². The Morgan fingerprint density at radius 1 is 1.03 bits per heavy atom. The first kappa shape index (κ1) is 24.4. The molecule has 1 atom stereocenters. The van der Waals surface area contributed by atoms with Gasteiger partial charge in [0.25, 0.3) is 5.91 Å². The third-order valence-electron chi connectivity index (χ3n) is 5.51. The normalized spacial score (nSPS) is 11.6. The monoisotopic (exact) mass is 424 g/mol. The fraction of sp³-hybridized carbons (Fsp3) is 0.462. The molecule has 0 fully saturated rings. The molecule has 0 spiro atoms. The van der Waals surface area contributed by atoms with Gasteiger partial charge in [-0.15, -0.1) is 0 Å². The average molecular weight is 425 g/mol. The topological polar surface area (TPSA) is 58.6 Å². The van der Waals surface area contributed by atoms with Crippen molar-refractivity contribution in [3.05, 3.63) is 64.7 Å². The van der Waals surface area contributed by atoms with Crippen molar-refractivity contribution in [3.8, 4) is 5.75 Å². The van der Waals surface area contributed by atoms with E-state index in [1.165, 1.54) is 0 Å². The van der Waals surface area contributed by atoms with Crippen molar-refractivity contribution >= 4 is 11.8 Å². The number of benzene rings is 2. The van der Waals surface area contributed by atoms with Gasteiger partial charge >= 0.3 is 0 Å². The molecule has 2 aromatic rings. The lowest BCUT2D eigenvalue weighted by Gasteiger charge is -2.31. The van der Waals surface area contributed by atoms with Crippen molar-refractivity contribution in [1.82, 2.24) is 10.2 Å². The molecule has 0 radical (unpaired) electrons. The van der Waals surface area contributed by atoms with Crippen LogP contribution in [-0.4, -0.2) is 35.9 Å². The molecule has 0 bridgehead atoms. The molecule has 5 heteroatoms. The van der Waals surface area contributed by atoms with E-state index in [9.17, 15) is 9.59 Å². The first-order valence-corrected chi connectivity index (χ1v) is 11.2. The number of nitrogens with zero attached hydrogens (tertiary/aromatic N) is 1. The highest BCUT2D eigenvalue weighted by molar-refractivity contribution is 5.88. The predicted octanol–water partition coefficient (Wildman–Crippen LogP) is 4.71. The van der Waals surface area contributed by atoms with Crippen molar-refractivity contribution in [1.29, 1.82) is 0 Å². The van der Waals surface area contributed by atoms with Gasteiger partial charge in [0, 0.05) is 13.1 Å². The molecule has 0 saturated carbocycles. The second-order valence-electron chi connectivity index (χ2n) is 8.07. The Morgan fingerprint density at radius 2 is 1.77 bits per heavy atom. The Labute approximate surface area is 186 Å². The Hall–Kier alpha value is -2.82. The fourth-order valence-corrected chi connectivity index (χ4v) is 3.48. The number of hydrogen-bond acceptors (Lipinski definition) is 3. The van der Waals surface area contributed by atoms with E-state index < -0.39 is 6.04 Å². The highest BCUT2D eigenvalue weighted by Crippen LogP contribution is 2.20. The van der Waals surface area contributed by atoms with E-state index in [4.69, 9.17) is 4.74 Å². The lowest BCUT2D eigenvalue weighted by molar-refractivity contribution is -0.143. The number of rotatable bonds is 11. The number of amides is 2. The largest absolute Gasteiger partial charge is 0.483 e. The van der Waals surface area contributed by atoms with Crippen LogP contribution in [0.1, 0.15) is 55.4 Å². The number of nitrogens with one attached hydrogen (secondary N) is 1. The zero-order valence-electron chi connectivity index (χ0n) is 19.5. The molecule has 0 aliphatic carbocycles. The molecular weight excluding hydrogens is 388 g/mol. The third kappa shape index (κ3) is 7.12.